The number of rotatable bonds is 5. The zero-order valence-electron chi connectivity index (χ0n) is 8.81. The molecule has 1 fully saturated rings. The lowest BCUT2D eigenvalue weighted by Gasteiger charge is -2.10. The Kier molecular flexibility index (Phi) is 3.52. The third kappa shape index (κ3) is 3.26. The Labute approximate surface area is 94.1 Å². The molecule has 0 saturated carbocycles. The molecule has 0 aliphatic carbocycles. The molecule has 90 valence electrons. The number of aromatic nitrogens is 3. The van der Waals surface area contributed by atoms with E-state index >= 15 is 0 Å². The topological polar surface area (TPSA) is 99.8 Å². The number of sulfonamides is 1. The van der Waals surface area contributed by atoms with Crippen molar-refractivity contribution >= 4 is 10.0 Å². The molecule has 2 rings (SSSR count). The summed E-state index contributed by atoms with van der Waals surface area (Å²) >= 11 is 0. The molecule has 1 aliphatic heterocycles. The van der Waals surface area contributed by atoms with Crippen molar-refractivity contribution in [3.05, 3.63) is 12.2 Å². The van der Waals surface area contributed by atoms with Crippen LogP contribution in [0.2, 0.25) is 0 Å². The van der Waals surface area contributed by atoms with Gasteiger partial charge in [0.25, 0.3) is 0 Å². The molecular formula is C8H15N5O2S. The van der Waals surface area contributed by atoms with Crippen LogP contribution in [0, 0.1) is 0 Å². The Hall–Kier alpha value is -0.990. The molecule has 1 aromatic rings. The number of aromatic amines is 1. The Balaban J connectivity index is 1.82. The summed E-state index contributed by atoms with van der Waals surface area (Å²) in [7, 11) is -3.24. The van der Waals surface area contributed by atoms with E-state index in [0.29, 0.717) is 5.82 Å². The van der Waals surface area contributed by atoms with Gasteiger partial charge in [-0.2, -0.15) is 5.10 Å². The molecule has 1 aromatic heterocycles. The van der Waals surface area contributed by atoms with Crippen molar-refractivity contribution in [1.82, 2.24) is 25.2 Å². The van der Waals surface area contributed by atoms with Crippen LogP contribution in [0.4, 0.5) is 0 Å². The zero-order chi connectivity index (χ0) is 11.4. The predicted octanol–water partition coefficient (Wildman–Crippen LogP) is -1.02. The summed E-state index contributed by atoms with van der Waals surface area (Å²) in [5, 5.41) is 9.39. The Morgan fingerprint density at radius 3 is 3.06 bits per heavy atom. The summed E-state index contributed by atoms with van der Waals surface area (Å²) in [5.41, 5.74) is 0. The average Bonchev–Trinajstić information content (AvgIpc) is 2.85. The predicted molar refractivity (Wildman–Crippen MR) is 58.0 cm³/mol. The van der Waals surface area contributed by atoms with Gasteiger partial charge >= 0.3 is 0 Å². The number of nitrogens with one attached hydrogen (secondary N) is 3. The van der Waals surface area contributed by atoms with E-state index in [1.54, 1.807) is 0 Å². The van der Waals surface area contributed by atoms with Crippen LogP contribution in [0.15, 0.2) is 6.33 Å². The highest BCUT2D eigenvalue weighted by Gasteiger charge is 2.21. The van der Waals surface area contributed by atoms with Crippen LogP contribution >= 0.6 is 0 Å². The van der Waals surface area contributed by atoms with Crippen LogP contribution in [0.1, 0.15) is 18.7 Å². The van der Waals surface area contributed by atoms with Crippen molar-refractivity contribution in [2.24, 2.45) is 0 Å². The highest BCUT2D eigenvalue weighted by Crippen LogP contribution is 2.06. The average molecular weight is 245 g/mol. The fourth-order valence-corrected chi connectivity index (χ4v) is 3.01. The SMILES string of the molecule is O=S(=O)(CC1CCCN1)NCc1ncn[nH]1. The molecule has 0 spiro atoms. The molecular weight excluding hydrogens is 230 g/mol. The normalized spacial score (nSPS) is 21.4. The quantitative estimate of drug-likeness (QED) is 0.616. The van der Waals surface area contributed by atoms with E-state index in [0.717, 1.165) is 19.4 Å². The largest absolute Gasteiger partial charge is 0.313 e. The minimum Gasteiger partial charge on any atom is -0.313 e. The third-order valence-electron chi connectivity index (χ3n) is 2.51. The number of nitrogens with zero attached hydrogens (tertiary/aromatic N) is 2. The standard InChI is InChI=1S/C8H15N5O2S/c14-16(15,5-7-2-1-3-9-7)12-4-8-10-6-11-13-8/h6-7,9,12H,1-5H2,(H,10,11,13). The molecule has 8 heteroatoms. The van der Waals surface area contributed by atoms with Gasteiger partial charge in [0.05, 0.1) is 12.3 Å². The molecule has 1 saturated heterocycles. The van der Waals surface area contributed by atoms with Crippen molar-refractivity contribution in [1.29, 1.82) is 0 Å². The van der Waals surface area contributed by atoms with E-state index in [-0.39, 0.29) is 18.3 Å². The van der Waals surface area contributed by atoms with E-state index in [4.69, 9.17) is 0 Å². The maximum atomic E-state index is 11.7. The van der Waals surface area contributed by atoms with Crippen LogP contribution in [-0.2, 0) is 16.6 Å². The summed E-state index contributed by atoms with van der Waals surface area (Å²) in [6, 6.07) is 0.0761. The lowest BCUT2D eigenvalue weighted by atomic mass is 10.3. The summed E-state index contributed by atoms with van der Waals surface area (Å²) in [4.78, 5) is 3.84. The van der Waals surface area contributed by atoms with Crippen LogP contribution in [-0.4, -0.2) is 41.9 Å². The van der Waals surface area contributed by atoms with Gasteiger partial charge in [-0.15, -0.1) is 0 Å². The van der Waals surface area contributed by atoms with Crippen LogP contribution in [0.25, 0.3) is 0 Å². The van der Waals surface area contributed by atoms with E-state index in [1.807, 2.05) is 0 Å². The summed E-state index contributed by atoms with van der Waals surface area (Å²) < 4.78 is 25.8. The van der Waals surface area contributed by atoms with E-state index < -0.39 is 10.0 Å². The first kappa shape index (κ1) is 11.5. The Bertz CT molecular complexity index is 410. The molecule has 7 nitrogen and oxygen atoms in total. The van der Waals surface area contributed by atoms with Gasteiger partial charge < -0.3 is 5.32 Å². The van der Waals surface area contributed by atoms with Gasteiger partial charge in [0, 0.05) is 6.04 Å². The first-order chi connectivity index (χ1) is 7.66. The van der Waals surface area contributed by atoms with E-state index in [9.17, 15) is 8.42 Å². The second-order valence-electron chi connectivity index (χ2n) is 3.83. The number of hydrogen-bond acceptors (Lipinski definition) is 5. The second kappa shape index (κ2) is 4.89. The van der Waals surface area contributed by atoms with Crippen molar-refractivity contribution in [3.63, 3.8) is 0 Å². The lowest BCUT2D eigenvalue weighted by Crippen LogP contribution is -2.36. The molecule has 0 bridgehead atoms. The molecule has 2 heterocycles. The Morgan fingerprint density at radius 2 is 2.44 bits per heavy atom. The molecule has 1 unspecified atom stereocenters. The Morgan fingerprint density at radius 1 is 1.56 bits per heavy atom. The molecule has 0 aromatic carbocycles. The first-order valence-corrected chi connectivity index (χ1v) is 6.86. The fourth-order valence-electron chi connectivity index (χ4n) is 1.72. The lowest BCUT2D eigenvalue weighted by molar-refractivity contribution is 0.562. The second-order valence-corrected chi connectivity index (χ2v) is 5.68. The van der Waals surface area contributed by atoms with Crippen LogP contribution in [0.5, 0.6) is 0 Å². The van der Waals surface area contributed by atoms with Gasteiger partial charge in [-0.3, -0.25) is 5.10 Å². The number of hydrogen-bond donors (Lipinski definition) is 3. The van der Waals surface area contributed by atoms with Gasteiger partial charge in [0.2, 0.25) is 10.0 Å². The van der Waals surface area contributed by atoms with Crippen LogP contribution in [0.3, 0.4) is 0 Å². The molecule has 0 radical (unpaired) electrons. The van der Waals surface area contributed by atoms with E-state index in [1.165, 1.54) is 6.33 Å². The molecule has 0 amide bonds. The highest BCUT2D eigenvalue weighted by atomic mass is 32.2. The fraction of sp³-hybridized carbons (Fsp3) is 0.750. The van der Waals surface area contributed by atoms with Crippen molar-refractivity contribution in [3.8, 4) is 0 Å². The monoisotopic (exact) mass is 245 g/mol. The van der Waals surface area contributed by atoms with E-state index in [2.05, 4.69) is 25.2 Å². The summed E-state index contributed by atoms with van der Waals surface area (Å²) in [6.07, 6.45) is 3.31. The van der Waals surface area contributed by atoms with Gasteiger partial charge in [-0.25, -0.2) is 18.1 Å². The van der Waals surface area contributed by atoms with Gasteiger partial charge in [0.1, 0.15) is 12.2 Å². The highest BCUT2D eigenvalue weighted by molar-refractivity contribution is 7.89. The van der Waals surface area contributed by atoms with Crippen LogP contribution < -0.4 is 10.0 Å². The van der Waals surface area contributed by atoms with Crippen molar-refractivity contribution in [2.75, 3.05) is 12.3 Å². The molecule has 1 atom stereocenters. The maximum Gasteiger partial charge on any atom is 0.213 e. The summed E-state index contributed by atoms with van der Waals surface area (Å²) in [6.45, 7) is 1.07. The maximum absolute atomic E-state index is 11.7. The minimum absolute atomic E-state index is 0.0761. The van der Waals surface area contributed by atoms with Gasteiger partial charge in [0.15, 0.2) is 0 Å². The first-order valence-electron chi connectivity index (χ1n) is 5.21. The smallest absolute Gasteiger partial charge is 0.213 e. The van der Waals surface area contributed by atoms with Gasteiger partial charge in [-0.05, 0) is 19.4 Å². The zero-order valence-corrected chi connectivity index (χ0v) is 9.63. The minimum atomic E-state index is -3.24. The third-order valence-corrected chi connectivity index (χ3v) is 3.93. The molecule has 3 N–H and O–H groups in total. The van der Waals surface area contributed by atoms with Gasteiger partial charge in [-0.1, -0.05) is 0 Å². The summed E-state index contributed by atoms with van der Waals surface area (Å²) in [5.74, 6) is 0.643. The molecule has 16 heavy (non-hydrogen) atoms. The molecule has 1 aliphatic rings. The number of H-pyrrole nitrogens is 1. The van der Waals surface area contributed by atoms with Crippen molar-refractivity contribution < 1.29 is 8.42 Å². The van der Waals surface area contributed by atoms with Crippen molar-refractivity contribution in [2.45, 2.75) is 25.4 Å².